The van der Waals surface area contributed by atoms with Crippen LogP contribution in [-0.2, 0) is 0 Å². The molecule has 0 N–H and O–H groups in total. The highest BCUT2D eigenvalue weighted by Crippen LogP contribution is 2.15. The third-order valence-electron chi connectivity index (χ3n) is 1.44. The zero-order valence-corrected chi connectivity index (χ0v) is 6.45. The van der Waals surface area contributed by atoms with Gasteiger partial charge in [-0.25, -0.2) is 4.31 Å². The van der Waals surface area contributed by atoms with Gasteiger partial charge in [0.05, 0.1) is 0 Å². The summed E-state index contributed by atoms with van der Waals surface area (Å²) >= 11 is 1.78. The van der Waals surface area contributed by atoms with Crippen molar-refractivity contribution in [3.05, 3.63) is 24.3 Å². The first-order chi connectivity index (χ1) is 4.36. The molecule has 1 heterocycles. The highest BCUT2D eigenvalue weighted by atomic mass is 32.2. The highest BCUT2D eigenvalue weighted by molar-refractivity contribution is 7.96. The fourth-order valence-corrected chi connectivity index (χ4v) is 1.34. The molecule has 1 aliphatic rings. The highest BCUT2D eigenvalue weighted by Gasteiger charge is 2.08. The molecule has 0 aromatic rings. The van der Waals surface area contributed by atoms with Crippen molar-refractivity contribution in [2.24, 2.45) is 0 Å². The van der Waals surface area contributed by atoms with E-state index in [0.717, 1.165) is 13.1 Å². The molecule has 1 rings (SSSR count). The summed E-state index contributed by atoms with van der Waals surface area (Å²) in [5.74, 6) is 0. The monoisotopic (exact) mass is 141 g/mol. The molecule has 0 saturated heterocycles. The first-order valence-electron chi connectivity index (χ1n) is 2.97. The van der Waals surface area contributed by atoms with Crippen LogP contribution in [0, 0.1) is 0 Å². The molecule has 1 aliphatic heterocycles. The molecule has 0 atom stereocenters. The standard InChI is InChI=1S/C7H11NS/c1-3-7-4-5-8(6-7)9-2/h3-4H,1,5-6H2,2H3. The van der Waals surface area contributed by atoms with Gasteiger partial charge >= 0.3 is 0 Å². The predicted octanol–water partition coefficient (Wildman–Crippen LogP) is 1.69. The van der Waals surface area contributed by atoms with Crippen LogP contribution in [0.4, 0.5) is 0 Å². The molecule has 0 unspecified atom stereocenters. The zero-order chi connectivity index (χ0) is 6.69. The molecule has 50 valence electrons. The fraction of sp³-hybridized carbons (Fsp3) is 0.429. The van der Waals surface area contributed by atoms with Crippen molar-refractivity contribution in [3.63, 3.8) is 0 Å². The van der Waals surface area contributed by atoms with Crippen molar-refractivity contribution < 1.29 is 0 Å². The summed E-state index contributed by atoms with van der Waals surface area (Å²) in [5.41, 5.74) is 1.35. The van der Waals surface area contributed by atoms with Crippen LogP contribution in [0.5, 0.6) is 0 Å². The molecular formula is C7H11NS. The van der Waals surface area contributed by atoms with E-state index >= 15 is 0 Å². The lowest BCUT2D eigenvalue weighted by Crippen LogP contribution is -2.09. The lowest BCUT2D eigenvalue weighted by molar-refractivity contribution is 0.607. The van der Waals surface area contributed by atoms with Gasteiger partial charge in [-0.05, 0) is 11.8 Å². The molecule has 0 fully saturated rings. The second-order valence-electron chi connectivity index (χ2n) is 1.99. The number of hydrogen-bond donors (Lipinski definition) is 0. The van der Waals surface area contributed by atoms with Gasteiger partial charge in [-0.1, -0.05) is 30.7 Å². The van der Waals surface area contributed by atoms with Crippen LogP contribution in [0.2, 0.25) is 0 Å². The molecular weight excluding hydrogens is 130 g/mol. The summed E-state index contributed by atoms with van der Waals surface area (Å²) in [6, 6.07) is 0. The second kappa shape index (κ2) is 3.08. The Morgan fingerprint density at radius 1 is 1.89 bits per heavy atom. The number of nitrogens with zero attached hydrogens (tertiary/aromatic N) is 1. The Hall–Kier alpha value is -0.210. The van der Waals surface area contributed by atoms with E-state index in [2.05, 4.69) is 23.2 Å². The van der Waals surface area contributed by atoms with E-state index in [0.29, 0.717) is 0 Å². The van der Waals surface area contributed by atoms with Crippen LogP contribution in [0.25, 0.3) is 0 Å². The average Bonchev–Trinajstić information content (AvgIpc) is 2.34. The Balaban J connectivity index is 2.39. The van der Waals surface area contributed by atoms with E-state index in [1.165, 1.54) is 5.57 Å². The van der Waals surface area contributed by atoms with E-state index in [9.17, 15) is 0 Å². The van der Waals surface area contributed by atoms with Crippen LogP contribution in [-0.4, -0.2) is 23.7 Å². The summed E-state index contributed by atoms with van der Waals surface area (Å²) in [6.07, 6.45) is 6.24. The van der Waals surface area contributed by atoms with Gasteiger partial charge in [0.15, 0.2) is 0 Å². The lowest BCUT2D eigenvalue weighted by Gasteiger charge is -2.08. The Morgan fingerprint density at radius 2 is 2.67 bits per heavy atom. The summed E-state index contributed by atoms with van der Waals surface area (Å²) in [5, 5.41) is 0. The molecule has 0 amide bonds. The van der Waals surface area contributed by atoms with Crippen LogP contribution >= 0.6 is 11.9 Å². The molecule has 0 bridgehead atoms. The third-order valence-corrected chi connectivity index (χ3v) is 2.23. The van der Waals surface area contributed by atoms with Crippen molar-refractivity contribution in [1.29, 1.82) is 0 Å². The minimum Gasteiger partial charge on any atom is -0.243 e. The van der Waals surface area contributed by atoms with Gasteiger partial charge in [-0.15, -0.1) is 0 Å². The van der Waals surface area contributed by atoms with Gasteiger partial charge in [-0.3, -0.25) is 0 Å². The minimum atomic E-state index is 1.06. The largest absolute Gasteiger partial charge is 0.243 e. The molecule has 0 radical (unpaired) electrons. The SMILES string of the molecule is C=CC1=CCN(SC)C1. The summed E-state index contributed by atoms with van der Waals surface area (Å²) in [4.78, 5) is 0. The Morgan fingerprint density at radius 3 is 3.00 bits per heavy atom. The van der Waals surface area contributed by atoms with Crippen molar-refractivity contribution >= 4 is 11.9 Å². The number of hydrogen-bond acceptors (Lipinski definition) is 2. The molecule has 0 saturated carbocycles. The van der Waals surface area contributed by atoms with Crippen molar-refractivity contribution in [2.45, 2.75) is 0 Å². The van der Waals surface area contributed by atoms with Gasteiger partial charge < -0.3 is 0 Å². The molecule has 9 heavy (non-hydrogen) atoms. The molecule has 0 aromatic carbocycles. The van der Waals surface area contributed by atoms with Crippen LogP contribution in [0.3, 0.4) is 0 Å². The maximum Gasteiger partial charge on any atom is 0.0341 e. The van der Waals surface area contributed by atoms with Crippen LogP contribution < -0.4 is 0 Å². The smallest absolute Gasteiger partial charge is 0.0341 e. The summed E-state index contributed by atoms with van der Waals surface area (Å²) < 4.78 is 2.29. The third kappa shape index (κ3) is 1.60. The first kappa shape index (κ1) is 6.90. The van der Waals surface area contributed by atoms with Crippen molar-refractivity contribution in [1.82, 2.24) is 4.31 Å². The van der Waals surface area contributed by atoms with Gasteiger partial charge in [-0.2, -0.15) is 0 Å². The van der Waals surface area contributed by atoms with E-state index < -0.39 is 0 Å². The molecule has 0 aromatic heterocycles. The van der Waals surface area contributed by atoms with Crippen molar-refractivity contribution in [3.8, 4) is 0 Å². The Bertz CT molecular complexity index is 140. The molecule has 1 nitrogen and oxygen atoms in total. The average molecular weight is 141 g/mol. The van der Waals surface area contributed by atoms with E-state index in [1.807, 2.05) is 6.08 Å². The maximum atomic E-state index is 3.71. The van der Waals surface area contributed by atoms with Crippen LogP contribution in [0.1, 0.15) is 0 Å². The van der Waals surface area contributed by atoms with E-state index in [1.54, 1.807) is 11.9 Å². The predicted molar refractivity (Wildman–Crippen MR) is 43.4 cm³/mol. The molecule has 2 heteroatoms. The van der Waals surface area contributed by atoms with Crippen molar-refractivity contribution in [2.75, 3.05) is 19.3 Å². The second-order valence-corrected chi connectivity index (χ2v) is 2.87. The normalized spacial score (nSPS) is 19.9. The maximum absolute atomic E-state index is 3.71. The Kier molecular flexibility index (Phi) is 2.37. The number of rotatable bonds is 2. The summed E-state index contributed by atoms with van der Waals surface area (Å²) in [7, 11) is 0. The van der Waals surface area contributed by atoms with Crippen LogP contribution in [0.15, 0.2) is 24.3 Å². The first-order valence-corrected chi connectivity index (χ1v) is 4.15. The van der Waals surface area contributed by atoms with Gasteiger partial charge in [0.25, 0.3) is 0 Å². The van der Waals surface area contributed by atoms with E-state index in [-0.39, 0.29) is 0 Å². The molecule has 0 aliphatic carbocycles. The zero-order valence-electron chi connectivity index (χ0n) is 5.63. The van der Waals surface area contributed by atoms with Gasteiger partial charge in [0.2, 0.25) is 0 Å². The Labute approximate surface area is 60.6 Å². The van der Waals surface area contributed by atoms with E-state index in [4.69, 9.17) is 0 Å². The minimum absolute atomic E-state index is 1.06. The lowest BCUT2D eigenvalue weighted by atomic mass is 10.3. The van der Waals surface area contributed by atoms with Gasteiger partial charge in [0.1, 0.15) is 0 Å². The quantitative estimate of drug-likeness (QED) is 0.538. The molecule has 0 spiro atoms. The fourth-order valence-electron chi connectivity index (χ4n) is 0.839. The summed E-state index contributed by atoms with van der Waals surface area (Å²) in [6.45, 7) is 5.84. The topological polar surface area (TPSA) is 3.24 Å². The van der Waals surface area contributed by atoms with Gasteiger partial charge in [0, 0.05) is 13.1 Å².